The lowest BCUT2D eigenvalue weighted by Gasteiger charge is -2.43. The molecule has 0 unspecified atom stereocenters. The van der Waals surface area contributed by atoms with Crippen LogP contribution in [-0.4, -0.2) is 48.9 Å². The van der Waals surface area contributed by atoms with E-state index in [0.717, 1.165) is 11.1 Å². The molecular formula is C20H27ClO6. The molecule has 0 amide bonds. The maximum atomic E-state index is 6.31. The first-order valence-corrected chi connectivity index (χ1v) is 9.85. The highest BCUT2D eigenvalue weighted by atomic mass is 35.5. The molecule has 150 valence electrons. The minimum absolute atomic E-state index is 0.207. The average molecular weight is 399 g/mol. The second-order valence-electron chi connectivity index (χ2n) is 8.23. The molecule has 3 heterocycles. The number of fused-ring (bicyclic) bond motifs is 1. The van der Waals surface area contributed by atoms with Crippen molar-refractivity contribution in [2.24, 2.45) is 0 Å². The van der Waals surface area contributed by atoms with Crippen molar-refractivity contribution >= 4 is 11.6 Å². The van der Waals surface area contributed by atoms with Gasteiger partial charge in [0.05, 0.1) is 13.2 Å². The summed E-state index contributed by atoms with van der Waals surface area (Å²) in [6.45, 7) is 8.59. The third kappa shape index (κ3) is 3.90. The van der Waals surface area contributed by atoms with Crippen molar-refractivity contribution in [2.45, 2.75) is 75.9 Å². The van der Waals surface area contributed by atoms with Crippen LogP contribution >= 0.6 is 11.6 Å². The highest BCUT2D eigenvalue weighted by Crippen LogP contribution is 2.45. The van der Waals surface area contributed by atoms with Gasteiger partial charge in [-0.25, -0.2) is 0 Å². The summed E-state index contributed by atoms with van der Waals surface area (Å²) in [5.74, 6) is -1.95. The average Bonchev–Trinajstić information content (AvgIpc) is 3.10. The molecule has 1 aromatic rings. The second-order valence-corrected chi connectivity index (χ2v) is 8.50. The zero-order valence-corrected chi connectivity index (χ0v) is 17.0. The van der Waals surface area contributed by atoms with Gasteiger partial charge in [0.15, 0.2) is 11.6 Å². The van der Waals surface area contributed by atoms with E-state index in [9.17, 15) is 0 Å². The van der Waals surface area contributed by atoms with Crippen molar-refractivity contribution in [1.29, 1.82) is 0 Å². The minimum atomic E-state index is -1.01. The zero-order chi connectivity index (χ0) is 19.3. The van der Waals surface area contributed by atoms with E-state index >= 15 is 0 Å². The van der Waals surface area contributed by atoms with Gasteiger partial charge in [-0.15, -0.1) is 11.6 Å². The zero-order valence-electron chi connectivity index (χ0n) is 16.2. The van der Waals surface area contributed by atoms with E-state index in [1.807, 2.05) is 52.0 Å². The van der Waals surface area contributed by atoms with Crippen LogP contribution in [-0.2, 0) is 40.9 Å². The molecule has 1 aromatic carbocycles. The molecule has 6 nitrogen and oxygen atoms in total. The molecule has 4 atom stereocenters. The maximum Gasteiger partial charge on any atom is 0.224 e. The Morgan fingerprint density at radius 3 is 2.33 bits per heavy atom. The van der Waals surface area contributed by atoms with Crippen molar-refractivity contribution in [3.63, 3.8) is 0 Å². The Bertz CT molecular complexity index is 674. The number of hydrogen-bond acceptors (Lipinski definition) is 6. The third-order valence-corrected chi connectivity index (χ3v) is 5.40. The fourth-order valence-corrected chi connectivity index (χ4v) is 4.08. The molecule has 0 bridgehead atoms. The van der Waals surface area contributed by atoms with Crippen LogP contribution in [0.1, 0.15) is 38.8 Å². The fraction of sp³-hybridized carbons (Fsp3) is 0.700. The highest BCUT2D eigenvalue weighted by molar-refractivity contribution is 6.17. The predicted molar refractivity (Wildman–Crippen MR) is 98.2 cm³/mol. The van der Waals surface area contributed by atoms with E-state index in [1.54, 1.807) is 0 Å². The molecule has 3 fully saturated rings. The summed E-state index contributed by atoms with van der Waals surface area (Å²) >= 11 is 5.87. The van der Waals surface area contributed by atoms with Crippen LogP contribution in [0.15, 0.2) is 24.3 Å². The van der Waals surface area contributed by atoms with Gasteiger partial charge in [0.25, 0.3) is 0 Å². The van der Waals surface area contributed by atoms with Crippen molar-refractivity contribution in [3.8, 4) is 0 Å². The van der Waals surface area contributed by atoms with E-state index in [4.69, 9.17) is 40.0 Å². The first kappa shape index (κ1) is 19.6. The second kappa shape index (κ2) is 6.95. The Morgan fingerprint density at radius 1 is 1.00 bits per heavy atom. The first-order valence-electron chi connectivity index (χ1n) is 9.31. The molecule has 0 N–H and O–H groups in total. The van der Waals surface area contributed by atoms with Gasteiger partial charge in [0, 0.05) is 5.88 Å². The lowest BCUT2D eigenvalue weighted by Crippen LogP contribution is -2.62. The van der Waals surface area contributed by atoms with E-state index in [-0.39, 0.29) is 18.8 Å². The lowest BCUT2D eigenvalue weighted by atomic mass is 9.97. The number of hydrogen-bond donors (Lipinski definition) is 0. The number of halogens is 1. The van der Waals surface area contributed by atoms with Crippen molar-refractivity contribution < 1.29 is 28.4 Å². The largest absolute Gasteiger partial charge is 0.365 e. The summed E-state index contributed by atoms with van der Waals surface area (Å²) in [6.07, 6.45) is -0.984. The molecule has 7 heteroatoms. The van der Waals surface area contributed by atoms with Crippen molar-refractivity contribution in [2.75, 3.05) is 13.2 Å². The van der Waals surface area contributed by atoms with Gasteiger partial charge < -0.3 is 28.4 Å². The standard InChI is InChI=1S/C20H27ClO6/c1-18(2)24-12-20(27-18)17(16-15(11-23-20)25-19(3,4)26-16)22-10-14-7-5-13(9-21)6-8-14/h5-8,15-17H,9-12H2,1-4H3/t15-,16-,17+,20+/m1/s1. The van der Waals surface area contributed by atoms with Crippen LogP contribution in [0, 0.1) is 0 Å². The highest BCUT2D eigenvalue weighted by Gasteiger charge is 2.63. The lowest BCUT2D eigenvalue weighted by molar-refractivity contribution is -0.336. The Hall–Kier alpha value is -0.730. The third-order valence-electron chi connectivity index (χ3n) is 5.09. The van der Waals surface area contributed by atoms with Gasteiger partial charge in [-0.3, -0.25) is 0 Å². The molecule has 3 aliphatic rings. The molecule has 4 rings (SSSR count). The Balaban J connectivity index is 1.55. The molecule has 0 aliphatic carbocycles. The molecule has 1 spiro atoms. The molecule has 0 radical (unpaired) electrons. The van der Waals surface area contributed by atoms with Crippen molar-refractivity contribution in [1.82, 2.24) is 0 Å². The van der Waals surface area contributed by atoms with E-state index in [1.165, 1.54) is 0 Å². The van der Waals surface area contributed by atoms with Gasteiger partial charge in [0.2, 0.25) is 5.79 Å². The summed E-state index contributed by atoms with van der Waals surface area (Å²) in [6, 6.07) is 8.02. The summed E-state index contributed by atoms with van der Waals surface area (Å²) in [5, 5.41) is 0. The van der Waals surface area contributed by atoms with Gasteiger partial charge in [-0.2, -0.15) is 0 Å². The molecule has 0 saturated carbocycles. The monoisotopic (exact) mass is 398 g/mol. The normalized spacial score (nSPS) is 36.9. The van der Waals surface area contributed by atoms with Crippen molar-refractivity contribution in [3.05, 3.63) is 35.4 Å². The van der Waals surface area contributed by atoms with Gasteiger partial charge >= 0.3 is 0 Å². The molecule has 27 heavy (non-hydrogen) atoms. The smallest absolute Gasteiger partial charge is 0.224 e. The van der Waals surface area contributed by atoms with E-state index in [2.05, 4.69) is 0 Å². The topological polar surface area (TPSA) is 55.4 Å². The Kier molecular flexibility index (Phi) is 5.04. The Morgan fingerprint density at radius 2 is 1.70 bits per heavy atom. The van der Waals surface area contributed by atoms with Crippen LogP contribution in [0.25, 0.3) is 0 Å². The van der Waals surface area contributed by atoms with Gasteiger partial charge in [-0.1, -0.05) is 24.3 Å². The SMILES string of the molecule is CC1(C)O[C@@H]2[C@@H](CO[C@]3(COC(C)(C)O3)[C@H]2OCc2ccc(CCl)cc2)O1. The first-order chi connectivity index (χ1) is 12.7. The Labute approximate surface area is 165 Å². The maximum absolute atomic E-state index is 6.31. The predicted octanol–water partition coefficient (Wildman–Crippen LogP) is 3.34. The number of alkyl halides is 1. The van der Waals surface area contributed by atoms with Crippen LogP contribution < -0.4 is 0 Å². The van der Waals surface area contributed by atoms with Crippen LogP contribution in [0.2, 0.25) is 0 Å². The summed E-state index contributed by atoms with van der Waals surface area (Å²) in [7, 11) is 0. The molecule has 3 aliphatic heterocycles. The summed E-state index contributed by atoms with van der Waals surface area (Å²) < 4.78 is 36.5. The number of ether oxygens (including phenoxy) is 6. The fourth-order valence-electron chi connectivity index (χ4n) is 3.90. The summed E-state index contributed by atoms with van der Waals surface area (Å²) in [5.41, 5.74) is 2.11. The molecule has 3 saturated heterocycles. The number of rotatable bonds is 4. The van der Waals surface area contributed by atoms with Crippen LogP contribution in [0.4, 0.5) is 0 Å². The van der Waals surface area contributed by atoms with Gasteiger partial charge in [0.1, 0.15) is 24.9 Å². The molecule has 0 aromatic heterocycles. The minimum Gasteiger partial charge on any atom is -0.365 e. The summed E-state index contributed by atoms with van der Waals surface area (Å²) in [4.78, 5) is 0. The quantitative estimate of drug-likeness (QED) is 0.725. The van der Waals surface area contributed by atoms with E-state index in [0.29, 0.717) is 19.1 Å². The molecular weight excluding hydrogens is 372 g/mol. The number of benzene rings is 1. The van der Waals surface area contributed by atoms with E-state index < -0.39 is 23.5 Å². The van der Waals surface area contributed by atoms with Gasteiger partial charge in [-0.05, 0) is 38.8 Å². The van der Waals surface area contributed by atoms with Crippen LogP contribution in [0.3, 0.4) is 0 Å². The van der Waals surface area contributed by atoms with Crippen LogP contribution in [0.5, 0.6) is 0 Å².